The Morgan fingerprint density at radius 3 is 2.06 bits per heavy atom. The van der Waals surface area contributed by atoms with Gasteiger partial charge in [0.2, 0.25) is 0 Å². The van der Waals surface area contributed by atoms with Gasteiger partial charge in [0, 0.05) is 16.5 Å². The molecule has 0 saturated heterocycles. The largest absolute Gasteiger partial charge is 0.122 e. The van der Waals surface area contributed by atoms with E-state index in [1.165, 1.54) is 16.0 Å². The summed E-state index contributed by atoms with van der Waals surface area (Å²) in [6, 6.07) is 18.9. The van der Waals surface area contributed by atoms with E-state index in [1.54, 1.807) is 0 Å². The van der Waals surface area contributed by atoms with Crippen LogP contribution in [0.1, 0.15) is 11.1 Å². The second-order valence-corrected chi connectivity index (χ2v) is 4.87. The van der Waals surface area contributed by atoms with Crippen molar-refractivity contribution < 1.29 is 0 Å². The lowest BCUT2D eigenvalue weighted by Crippen LogP contribution is -1.82. The standard InChI is InChI=1S/C14H13ClS/c15-10-12-6-8-13(9-7-12)11-16-14-4-2-1-3-5-14/h1-9H,10-11H2. The molecule has 0 aromatic heterocycles. The Bertz CT molecular complexity index is 422. The summed E-state index contributed by atoms with van der Waals surface area (Å²) >= 11 is 7.60. The van der Waals surface area contributed by atoms with E-state index in [4.69, 9.17) is 11.6 Å². The minimum Gasteiger partial charge on any atom is -0.122 e. The van der Waals surface area contributed by atoms with Gasteiger partial charge in [-0.1, -0.05) is 42.5 Å². The average Bonchev–Trinajstić information content (AvgIpc) is 2.38. The molecular weight excluding hydrogens is 236 g/mol. The molecule has 82 valence electrons. The molecule has 0 aliphatic heterocycles. The zero-order valence-electron chi connectivity index (χ0n) is 8.90. The first-order chi connectivity index (χ1) is 7.88. The summed E-state index contributed by atoms with van der Waals surface area (Å²) in [6.07, 6.45) is 0. The van der Waals surface area contributed by atoms with Crippen LogP contribution in [-0.2, 0) is 11.6 Å². The zero-order valence-corrected chi connectivity index (χ0v) is 10.5. The molecule has 0 saturated carbocycles. The number of rotatable bonds is 4. The Morgan fingerprint density at radius 1 is 0.812 bits per heavy atom. The van der Waals surface area contributed by atoms with Crippen molar-refractivity contribution in [2.75, 3.05) is 0 Å². The normalized spacial score (nSPS) is 10.3. The van der Waals surface area contributed by atoms with E-state index in [0.29, 0.717) is 5.88 Å². The van der Waals surface area contributed by atoms with Crippen molar-refractivity contribution in [1.29, 1.82) is 0 Å². The van der Waals surface area contributed by atoms with Crippen LogP contribution >= 0.6 is 23.4 Å². The van der Waals surface area contributed by atoms with Crippen molar-refractivity contribution in [3.63, 3.8) is 0 Å². The van der Waals surface area contributed by atoms with Crippen molar-refractivity contribution in [3.8, 4) is 0 Å². The van der Waals surface area contributed by atoms with Crippen molar-refractivity contribution >= 4 is 23.4 Å². The van der Waals surface area contributed by atoms with E-state index >= 15 is 0 Å². The maximum Gasteiger partial charge on any atom is 0.0474 e. The van der Waals surface area contributed by atoms with Crippen molar-refractivity contribution in [2.24, 2.45) is 0 Å². The highest BCUT2D eigenvalue weighted by atomic mass is 35.5. The highest BCUT2D eigenvalue weighted by molar-refractivity contribution is 7.98. The van der Waals surface area contributed by atoms with Gasteiger partial charge >= 0.3 is 0 Å². The Hall–Kier alpha value is -0.920. The minimum absolute atomic E-state index is 0.589. The van der Waals surface area contributed by atoms with Crippen LogP contribution in [0, 0.1) is 0 Å². The average molecular weight is 249 g/mol. The third-order valence-corrected chi connectivity index (χ3v) is 3.72. The SMILES string of the molecule is ClCc1ccc(CSc2ccccc2)cc1. The van der Waals surface area contributed by atoms with E-state index < -0.39 is 0 Å². The van der Waals surface area contributed by atoms with Crippen LogP contribution in [0.2, 0.25) is 0 Å². The fraction of sp³-hybridized carbons (Fsp3) is 0.143. The maximum absolute atomic E-state index is 5.75. The van der Waals surface area contributed by atoms with Gasteiger partial charge in [-0.3, -0.25) is 0 Å². The van der Waals surface area contributed by atoms with E-state index in [9.17, 15) is 0 Å². The lowest BCUT2D eigenvalue weighted by molar-refractivity contribution is 1.33. The van der Waals surface area contributed by atoms with Gasteiger partial charge in [-0.05, 0) is 23.3 Å². The molecule has 0 N–H and O–H groups in total. The molecule has 0 radical (unpaired) electrons. The Labute approximate surface area is 106 Å². The van der Waals surface area contributed by atoms with Crippen molar-refractivity contribution in [3.05, 3.63) is 65.7 Å². The van der Waals surface area contributed by atoms with Crippen LogP contribution in [0.3, 0.4) is 0 Å². The molecule has 2 rings (SSSR count). The van der Waals surface area contributed by atoms with Crippen LogP contribution in [0.4, 0.5) is 0 Å². The summed E-state index contributed by atoms with van der Waals surface area (Å²) in [5.74, 6) is 1.60. The summed E-state index contributed by atoms with van der Waals surface area (Å²) in [6.45, 7) is 0. The Kier molecular flexibility index (Phi) is 4.32. The molecule has 0 fully saturated rings. The molecule has 16 heavy (non-hydrogen) atoms. The quantitative estimate of drug-likeness (QED) is 0.557. The molecule has 0 nitrogen and oxygen atoms in total. The second-order valence-electron chi connectivity index (χ2n) is 3.55. The molecule has 0 bridgehead atoms. The van der Waals surface area contributed by atoms with Crippen LogP contribution in [-0.4, -0.2) is 0 Å². The number of thioether (sulfide) groups is 1. The Balaban J connectivity index is 1.94. The van der Waals surface area contributed by atoms with Crippen LogP contribution in [0.25, 0.3) is 0 Å². The van der Waals surface area contributed by atoms with E-state index in [2.05, 4.69) is 48.5 Å². The highest BCUT2D eigenvalue weighted by Gasteiger charge is 1.96. The fourth-order valence-electron chi connectivity index (χ4n) is 1.41. The molecular formula is C14H13ClS. The van der Waals surface area contributed by atoms with Gasteiger partial charge in [0.05, 0.1) is 0 Å². The summed E-state index contributed by atoms with van der Waals surface area (Å²) in [5.41, 5.74) is 2.51. The van der Waals surface area contributed by atoms with Gasteiger partial charge in [0.1, 0.15) is 0 Å². The number of hydrogen-bond donors (Lipinski definition) is 0. The Morgan fingerprint density at radius 2 is 1.44 bits per heavy atom. The lowest BCUT2D eigenvalue weighted by atomic mass is 10.2. The summed E-state index contributed by atoms with van der Waals surface area (Å²) in [4.78, 5) is 1.31. The lowest BCUT2D eigenvalue weighted by Gasteiger charge is -2.02. The number of alkyl halides is 1. The first-order valence-corrected chi connectivity index (χ1v) is 6.72. The topological polar surface area (TPSA) is 0 Å². The summed E-state index contributed by atoms with van der Waals surface area (Å²) in [7, 11) is 0. The molecule has 0 aliphatic carbocycles. The van der Waals surface area contributed by atoms with Gasteiger partial charge in [-0.25, -0.2) is 0 Å². The minimum atomic E-state index is 0.589. The summed E-state index contributed by atoms with van der Waals surface area (Å²) < 4.78 is 0. The van der Waals surface area contributed by atoms with E-state index in [1.807, 2.05) is 17.8 Å². The van der Waals surface area contributed by atoms with Crippen molar-refractivity contribution in [1.82, 2.24) is 0 Å². The number of hydrogen-bond acceptors (Lipinski definition) is 1. The van der Waals surface area contributed by atoms with Gasteiger partial charge < -0.3 is 0 Å². The second kappa shape index (κ2) is 5.97. The molecule has 2 aromatic rings. The number of halogens is 1. The van der Waals surface area contributed by atoms with Gasteiger partial charge in [-0.15, -0.1) is 23.4 Å². The van der Waals surface area contributed by atoms with E-state index in [-0.39, 0.29) is 0 Å². The predicted molar refractivity (Wildman–Crippen MR) is 72.0 cm³/mol. The first-order valence-electron chi connectivity index (χ1n) is 5.20. The van der Waals surface area contributed by atoms with Crippen molar-refractivity contribution in [2.45, 2.75) is 16.5 Å². The zero-order chi connectivity index (χ0) is 11.2. The molecule has 0 aliphatic rings. The van der Waals surface area contributed by atoms with Crippen LogP contribution in [0.15, 0.2) is 59.5 Å². The number of benzene rings is 2. The molecule has 0 amide bonds. The smallest absolute Gasteiger partial charge is 0.0474 e. The fourth-order valence-corrected chi connectivity index (χ4v) is 2.46. The third-order valence-electron chi connectivity index (χ3n) is 2.33. The predicted octanol–water partition coefficient (Wildman–Crippen LogP) is 4.72. The maximum atomic E-state index is 5.75. The highest BCUT2D eigenvalue weighted by Crippen LogP contribution is 2.22. The molecule has 0 atom stereocenters. The molecule has 0 unspecified atom stereocenters. The summed E-state index contributed by atoms with van der Waals surface area (Å²) in [5, 5.41) is 0. The monoisotopic (exact) mass is 248 g/mol. The van der Waals surface area contributed by atoms with Gasteiger partial charge in [-0.2, -0.15) is 0 Å². The van der Waals surface area contributed by atoms with Crippen LogP contribution < -0.4 is 0 Å². The first kappa shape index (κ1) is 11.6. The third kappa shape index (κ3) is 3.29. The van der Waals surface area contributed by atoms with E-state index in [0.717, 1.165) is 5.75 Å². The van der Waals surface area contributed by atoms with Gasteiger partial charge in [0.25, 0.3) is 0 Å². The molecule has 0 heterocycles. The molecule has 2 heteroatoms. The molecule has 2 aromatic carbocycles. The molecule has 0 spiro atoms. The van der Waals surface area contributed by atoms with Gasteiger partial charge in [0.15, 0.2) is 0 Å². The van der Waals surface area contributed by atoms with Crippen LogP contribution in [0.5, 0.6) is 0 Å².